The van der Waals surface area contributed by atoms with E-state index < -0.39 is 22.9 Å². The normalized spacial score (nSPS) is 26.6. The molecule has 1 saturated heterocycles. The number of hydrogen-bond donors (Lipinski definition) is 0. The van der Waals surface area contributed by atoms with Crippen LogP contribution in [0.15, 0.2) is 0 Å². The number of carbonyl (C=O) groups is 2. The van der Waals surface area contributed by atoms with Gasteiger partial charge >= 0.3 is 5.97 Å². The number of likely N-dealkylation sites (tertiary alicyclic amines) is 1. The van der Waals surface area contributed by atoms with Crippen molar-refractivity contribution in [3.8, 4) is 0 Å². The van der Waals surface area contributed by atoms with Gasteiger partial charge in [0.05, 0.1) is 0 Å². The smallest absolute Gasteiger partial charge is 0.316 e. The van der Waals surface area contributed by atoms with E-state index in [2.05, 4.69) is 0 Å². The van der Waals surface area contributed by atoms with E-state index >= 15 is 0 Å². The molecular formula is C11H16N2O5. The maximum atomic E-state index is 11.7. The second-order valence-corrected chi connectivity index (χ2v) is 4.74. The molecule has 1 heterocycles. The summed E-state index contributed by atoms with van der Waals surface area (Å²) in [5.74, 6) is -1.49. The van der Waals surface area contributed by atoms with Gasteiger partial charge in [0.1, 0.15) is 5.92 Å². The Labute approximate surface area is 104 Å². The largest absolute Gasteiger partial charge is 0.455 e. The summed E-state index contributed by atoms with van der Waals surface area (Å²) in [5.41, 5.74) is 0. The molecule has 0 aromatic carbocycles. The lowest BCUT2D eigenvalue weighted by molar-refractivity contribution is -0.497. The molecule has 7 heteroatoms. The van der Waals surface area contributed by atoms with E-state index in [0.717, 1.165) is 19.3 Å². The summed E-state index contributed by atoms with van der Waals surface area (Å²) < 4.78 is 4.83. The molecule has 100 valence electrons. The van der Waals surface area contributed by atoms with Crippen LogP contribution in [-0.2, 0) is 14.3 Å². The van der Waals surface area contributed by atoms with Crippen molar-refractivity contribution in [2.75, 3.05) is 19.7 Å². The Kier molecular flexibility index (Phi) is 3.78. The van der Waals surface area contributed by atoms with Crippen molar-refractivity contribution in [3.63, 3.8) is 0 Å². The molecule has 1 saturated carbocycles. The highest BCUT2D eigenvalue weighted by atomic mass is 16.6. The summed E-state index contributed by atoms with van der Waals surface area (Å²) in [7, 11) is 0. The molecule has 2 fully saturated rings. The summed E-state index contributed by atoms with van der Waals surface area (Å²) in [6, 6.07) is -0.817. The van der Waals surface area contributed by atoms with Gasteiger partial charge in [-0.3, -0.25) is 19.7 Å². The minimum Gasteiger partial charge on any atom is -0.455 e. The molecule has 2 rings (SSSR count). The molecule has 0 bridgehead atoms. The Morgan fingerprint density at radius 3 is 2.50 bits per heavy atom. The highest BCUT2D eigenvalue weighted by Gasteiger charge is 2.54. The molecule has 2 atom stereocenters. The van der Waals surface area contributed by atoms with Crippen LogP contribution in [0.2, 0.25) is 0 Å². The van der Waals surface area contributed by atoms with Crippen LogP contribution >= 0.6 is 0 Å². The maximum absolute atomic E-state index is 11.7. The predicted molar refractivity (Wildman–Crippen MR) is 60.3 cm³/mol. The van der Waals surface area contributed by atoms with E-state index in [0.29, 0.717) is 13.1 Å². The average Bonchev–Trinajstić information content (AvgIpc) is 3.17. The highest BCUT2D eigenvalue weighted by Crippen LogP contribution is 2.34. The van der Waals surface area contributed by atoms with E-state index in [1.54, 1.807) is 4.90 Å². The van der Waals surface area contributed by atoms with E-state index in [4.69, 9.17) is 4.74 Å². The lowest BCUT2D eigenvalue weighted by Gasteiger charge is -2.26. The zero-order valence-corrected chi connectivity index (χ0v) is 10.0. The minimum absolute atomic E-state index is 0.207. The first-order valence-corrected chi connectivity index (χ1v) is 6.17. The van der Waals surface area contributed by atoms with Gasteiger partial charge in [-0.2, -0.15) is 0 Å². The lowest BCUT2D eigenvalue weighted by atomic mass is 10.1. The van der Waals surface area contributed by atoms with Crippen LogP contribution < -0.4 is 0 Å². The van der Waals surface area contributed by atoms with Crippen LogP contribution in [0.25, 0.3) is 0 Å². The summed E-state index contributed by atoms with van der Waals surface area (Å²) >= 11 is 0. The molecule has 7 nitrogen and oxygen atoms in total. The number of nitrogens with zero attached hydrogens (tertiary/aromatic N) is 2. The van der Waals surface area contributed by atoms with E-state index in [9.17, 15) is 19.7 Å². The molecule has 1 aliphatic heterocycles. The zero-order valence-electron chi connectivity index (χ0n) is 10.0. The summed E-state index contributed by atoms with van der Waals surface area (Å²) in [5, 5.41) is 10.4. The molecular weight excluding hydrogens is 240 g/mol. The zero-order chi connectivity index (χ0) is 13.1. The molecule has 18 heavy (non-hydrogen) atoms. The number of piperidine rings is 1. The average molecular weight is 256 g/mol. The van der Waals surface area contributed by atoms with Crippen LogP contribution in [0.5, 0.6) is 0 Å². The number of carbonyl (C=O) groups excluding carboxylic acids is 2. The van der Waals surface area contributed by atoms with Gasteiger partial charge in [-0.25, -0.2) is 0 Å². The maximum Gasteiger partial charge on any atom is 0.316 e. The third-order valence-corrected chi connectivity index (χ3v) is 3.38. The van der Waals surface area contributed by atoms with E-state index in [1.165, 1.54) is 0 Å². The number of amides is 1. The van der Waals surface area contributed by atoms with Gasteiger partial charge in [0.25, 0.3) is 5.91 Å². The van der Waals surface area contributed by atoms with Gasteiger partial charge in [0.15, 0.2) is 6.61 Å². The van der Waals surface area contributed by atoms with Crippen molar-refractivity contribution in [2.45, 2.75) is 31.7 Å². The molecule has 2 unspecified atom stereocenters. The Balaban J connectivity index is 1.70. The van der Waals surface area contributed by atoms with Gasteiger partial charge in [0, 0.05) is 24.4 Å². The number of esters is 1. The topological polar surface area (TPSA) is 89.8 Å². The van der Waals surface area contributed by atoms with Gasteiger partial charge < -0.3 is 9.64 Å². The Hall–Kier alpha value is -1.66. The van der Waals surface area contributed by atoms with Crippen molar-refractivity contribution in [1.82, 2.24) is 4.90 Å². The van der Waals surface area contributed by atoms with E-state index in [1.807, 2.05) is 0 Å². The van der Waals surface area contributed by atoms with Crippen molar-refractivity contribution >= 4 is 11.9 Å². The summed E-state index contributed by atoms with van der Waals surface area (Å²) in [6.07, 6.45) is 3.30. The highest BCUT2D eigenvalue weighted by molar-refractivity contribution is 5.82. The summed E-state index contributed by atoms with van der Waals surface area (Å²) in [6.45, 7) is 1.12. The lowest BCUT2D eigenvalue weighted by Crippen LogP contribution is -2.38. The number of rotatable bonds is 4. The second kappa shape index (κ2) is 5.32. The summed E-state index contributed by atoms with van der Waals surface area (Å²) in [4.78, 5) is 34.7. The number of hydrogen-bond acceptors (Lipinski definition) is 5. The van der Waals surface area contributed by atoms with Gasteiger partial charge in [0.2, 0.25) is 6.04 Å². The fraction of sp³-hybridized carbons (Fsp3) is 0.818. The fourth-order valence-corrected chi connectivity index (χ4v) is 2.14. The molecule has 2 aliphatic rings. The molecule has 0 spiro atoms. The second-order valence-electron chi connectivity index (χ2n) is 4.74. The number of nitro groups is 1. The van der Waals surface area contributed by atoms with Crippen molar-refractivity contribution in [3.05, 3.63) is 10.1 Å². The number of ether oxygens (including phenoxy) is 1. The van der Waals surface area contributed by atoms with Crippen molar-refractivity contribution in [2.24, 2.45) is 5.92 Å². The molecule has 0 radical (unpaired) electrons. The first-order valence-electron chi connectivity index (χ1n) is 6.17. The predicted octanol–water partition coefficient (Wildman–Crippen LogP) is 0.207. The Morgan fingerprint density at radius 1 is 1.28 bits per heavy atom. The first-order chi connectivity index (χ1) is 8.59. The quantitative estimate of drug-likeness (QED) is 0.407. The Morgan fingerprint density at radius 2 is 1.94 bits per heavy atom. The standard InChI is InChI=1S/C11H16N2O5/c14-10(12-4-2-1-3-5-12)7-18-11(15)8-6-9(8)13(16)17/h8-9H,1-7H2. The van der Waals surface area contributed by atoms with Crippen LogP contribution in [-0.4, -0.2) is 47.4 Å². The van der Waals surface area contributed by atoms with E-state index in [-0.39, 0.29) is 18.9 Å². The van der Waals surface area contributed by atoms with Gasteiger partial charge in [-0.15, -0.1) is 0 Å². The van der Waals surface area contributed by atoms with Crippen LogP contribution in [0.4, 0.5) is 0 Å². The van der Waals surface area contributed by atoms with Crippen molar-refractivity contribution in [1.29, 1.82) is 0 Å². The fourth-order valence-electron chi connectivity index (χ4n) is 2.14. The molecule has 0 aromatic heterocycles. The monoisotopic (exact) mass is 256 g/mol. The third-order valence-electron chi connectivity index (χ3n) is 3.38. The minimum atomic E-state index is -0.817. The SMILES string of the molecule is O=C(OCC(=O)N1CCCCC1)C1CC1[N+](=O)[O-]. The Bertz CT molecular complexity index is 364. The molecule has 0 N–H and O–H groups in total. The third kappa shape index (κ3) is 2.96. The first kappa shape index (κ1) is 12.8. The van der Waals surface area contributed by atoms with Crippen LogP contribution in [0, 0.1) is 16.0 Å². The van der Waals surface area contributed by atoms with Crippen molar-refractivity contribution < 1.29 is 19.2 Å². The van der Waals surface area contributed by atoms with Crippen LogP contribution in [0.1, 0.15) is 25.7 Å². The molecule has 0 aromatic rings. The van der Waals surface area contributed by atoms with Crippen LogP contribution in [0.3, 0.4) is 0 Å². The van der Waals surface area contributed by atoms with Gasteiger partial charge in [-0.1, -0.05) is 0 Å². The molecule has 1 aliphatic carbocycles. The molecule has 1 amide bonds. The van der Waals surface area contributed by atoms with Gasteiger partial charge in [-0.05, 0) is 19.3 Å².